The van der Waals surface area contributed by atoms with Gasteiger partial charge >= 0.3 is 0 Å². The predicted molar refractivity (Wildman–Crippen MR) is 58.6 cm³/mol. The molecule has 1 aromatic carbocycles. The van der Waals surface area contributed by atoms with E-state index < -0.39 is 0 Å². The Bertz CT molecular complexity index is 529. The van der Waals surface area contributed by atoms with Gasteiger partial charge in [0, 0.05) is 17.4 Å². The van der Waals surface area contributed by atoms with Crippen LogP contribution < -0.4 is 0 Å². The number of hydrogen-bond acceptors (Lipinski definition) is 4. The first-order valence-corrected chi connectivity index (χ1v) is 4.84. The van der Waals surface area contributed by atoms with E-state index in [2.05, 4.69) is 9.97 Å². The molecule has 1 aromatic heterocycles. The average molecular weight is 235 g/mol. The van der Waals surface area contributed by atoms with E-state index in [4.69, 9.17) is 11.6 Å². The van der Waals surface area contributed by atoms with E-state index in [0.29, 0.717) is 10.6 Å². The molecular formula is C11H7ClN2O2. The van der Waals surface area contributed by atoms with Crippen molar-refractivity contribution in [2.45, 2.75) is 0 Å². The first kappa shape index (κ1) is 10.6. The molecule has 0 bridgehead atoms. The monoisotopic (exact) mass is 234 g/mol. The fraction of sp³-hybridized carbons (Fsp3) is 0. The number of rotatable bonds is 2. The van der Waals surface area contributed by atoms with Crippen LogP contribution in [0.2, 0.25) is 5.02 Å². The SMILES string of the molecule is O=C(c1cncnc1)c1cc(Cl)ccc1O. The van der Waals surface area contributed by atoms with Gasteiger partial charge in [0.1, 0.15) is 12.1 Å². The zero-order chi connectivity index (χ0) is 11.5. The largest absolute Gasteiger partial charge is 0.507 e. The summed E-state index contributed by atoms with van der Waals surface area (Å²) in [6.07, 6.45) is 4.10. The van der Waals surface area contributed by atoms with E-state index in [9.17, 15) is 9.90 Å². The molecule has 0 radical (unpaired) electrons. The van der Waals surface area contributed by atoms with Crippen LogP contribution in [0.15, 0.2) is 36.9 Å². The molecule has 0 fully saturated rings. The number of phenolic OH excluding ortho intramolecular Hbond substituents is 1. The second-order valence-electron chi connectivity index (χ2n) is 3.12. The zero-order valence-corrected chi connectivity index (χ0v) is 8.85. The highest BCUT2D eigenvalue weighted by atomic mass is 35.5. The maximum atomic E-state index is 11.9. The van der Waals surface area contributed by atoms with Crippen LogP contribution in [0.4, 0.5) is 0 Å². The van der Waals surface area contributed by atoms with Crippen LogP contribution in [0.5, 0.6) is 5.75 Å². The molecule has 0 atom stereocenters. The van der Waals surface area contributed by atoms with Gasteiger partial charge in [0.2, 0.25) is 0 Å². The van der Waals surface area contributed by atoms with Crippen molar-refractivity contribution in [2.24, 2.45) is 0 Å². The summed E-state index contributed by atoms with van der Waals surface area (Å²) in [5.74, 6) is -0.473. The number of ketones is 1. The van der Waals surface area contributed by atoms with Gasteiger partial charge in [-0.15, -0.1) is 0 Å². The van der Waals surface area contributed by atoms with Gasteiger partial charge in [-0.2, -0.15) is 0 Å². The molecule has 2 rings (SSSR count). The van der Waals surface area contributed by atoms with Gasteiger partial charge in [0.25, 0.3) is 0 Å². The predicted octanol–water partition coefficient (Wildman–Crippen LogP) is 2.07. The molecule has 0 aliphatic heterocycles. The molecular weight excluding hydrogens is 228 g/mol. The number of phenols is 1. The standard InChI is InChI=1S/C11H7ClN2O2/c12-8-1-2-10(15)9(3-8)11(16)7-4-13-6-14-5-7/h1-6,15H. The van der Waals surface area contributed by atoms with Crippen LogP contribution in [0, 0.1) is 0 Å². The highest BCUT2D eigenvalue weighted by molar-refractivity contribution is 6.31. The van der Waals surface area contributed by atoms with Crippen molar-refractivity contribution < 1.29 is 9.90 Å². The van der Waals surface area contributed by atoms with Crippen LogP contribution >= 0.6 is 11.6 Å². The number of aromatic nitrogens is 2. The summed E-state index contributed by atoms with van der Waals surface area (Å²) in [7, 11) is 0. The Morgan fingerprint density at radius 2 is 1.94 bits per heavy atom. The van der Waals surface area contributed by atoms with Gasteiger partial charge in [-0.3, -0.25) is 4.79 Å². The number of halogens is 1. The Balaban J connectivity index is 2.46. The highest BCUT2D eigenvalue weighted by Crippen LogP contribution is 2.23. The molecule has 0 amide bonds. The van der Waals surface area contributed by atoms with Crippen molar-refractivity contribution in [1.29, 1.82) is 0 Å². The Kier molecular flexibility index (Phi) is 2.83. The van der Waals surface area contributed by atoms with Crippen LogP contribution in [0.25, 0.3) is 0 Å². The summed E-state index contributed by atoms with van der Waals surface area (Å²) in [5.41, 5.74) is 0.447. The first-order valence-electron chi connectivity index (χ1n) is 4.46. The second kappa shape index (κ2) is 4.28. The summed E-state index contributed by atoms with van der Waals surface area (Å²) in [6, 6.07) is 4.29. The van der Waals surface area contributed by atoms with Crippen molar-refractivity contribution in [3.63, 3.8) is 0 Å². The normalized spacial score (nSPS) is 10.1. The van der Waals surface area contributed by atoms with Crippen LogP contribution in [0.3, 0.4) is 0 Å². The third-order valence-electron chi connectivity index (χ3n) is 2.03. The lowest BCUT2D eigenvalue weighted by molar-refractivity contribution is 0.103. The summed E-state index contributed by atoms with van der Waals surface area (Å²) >= 11 is 5.75. The van der Waals surface area contributed by atoms with Crippen molar-refractivity contribution in [2.75, 3.05) is 0 Å². The Hall–Kier alpha value is -1.94. The Morgan fingerprint density at radius 3 is 2.62 bits per heavy atom. The van der Waals surface area contributed by atoms with Crippen LogP contribution in [-0.2, 0) is 0 Å². The molecule has 0 saturated carbocycles. The number of carbonyl (C=O) groups is 1. The van der Waals surface area contributed by atoms with E-state index in [1.54, 1.807) is 0 Å². The quantitative estimate of drug-likeness (QED) is 0.808. The molecule has 0 saturated heterocycles. The topological polar surface area (TPSA) is 63.1 Å². The van der Waals surface area contributed by atoms with Gasteiger partial charge < -0.3 is 5.11 Å². The molecule has 0 unspecified atom stereocenters. The number of nitrogens with zero attached hydrogens (tertiary/aromatic N) is 2. The van der Waals surface area contributed by atoms with Crippen molar-refractivity contribution in [3.8, 4) is 5.75 Å². The number of carbonyl (C=O) groups excluding carboxylic acids is 1. The zero-order valence-electron chi connectivity index (χ0n) is 8.09. The maximum absolute atomic E-state index is 11.9. The average Bonchev–Trinajstić information content (AvgIpc) is 2.32. The number of aromatic hydroxyl groups is 1. The van der Waals surface area contributed by atoms with Crippen LogP contribution in [0.1, 0.15) is 15.9 Å². The number of hydrogen-bond donors (Lipinski definition) is 1. The summed E-state index contributed by atoms with van der Waals surface area (Å²) < 4.78 is 0. The van der Waals surface area contributed by atoms with E-state index in [-0.39, 0.29) is 17.1 Å². The van der Waals surface area contributed by atoms with Crippen molar-refractivity contribution in [1.82, 2.24) is 9.97 Å². The minimum atomic E-state index is -0.361. The maximum Gasteiger partial charge on any atom is 0.199 e. The summed E-state index contributed by atoms with van der Waals surface area (Å²) in [4.78, 5) is 19.4. The fourth-order valence-electron chi connectivity index (χ4n) is 1.26. The molecule has 1 N–H and O–H groups in total. The third kappa shape index (κ3) is 2.01. The molecule has 16 heavy (non-hydrogen) atoms. The van der Waals surface area contributed by atoms with Gasteiger partial charge in [-0.25, -0.2) is 9.97 Å². The van der Waals surface area contributed by atoms with Gasteiger partial charge in [-0.05, 0) is 18.2 Å². The van der Waals surface area contributed by atoms with Gasteiger partial charge in [0.15, 0.2) is 5.78 Å². The molecule has 1 heterocycles. The minimum Gasteiger partial charge on any atom is -0.507 e. The lowest BCUT2D eigenvalue weighted by Crippen LogP contribution is -2.02. The third-order valence-corrected chi connectivity index (χ3v) is 2.26. The Labute approximate surface area is 96.6 Å². The van der Waals surface area contributed by atoms with Gasteiger partial charge in [-0.1, -0.05) is 11.6 Å². The molecule has 80 valence electrons. The van der Waals surface area contributed by atoms with E-state index in [1.807, 2.05) is 0 Å². The molecule has 0 spiro atoms. The highest BCUT2D eigenvalue weighted by Gasteiger charge is 2.14. The van der Waals surface area contributed by atoms with Crippen molar-refractivity contribution in [3.05, 3.63) is 53.1 Å². The molecule has 0 aliphatic carbocycles. The first-order chi connectivity index (χ1) is 7.68. The van der Waals surface area contributed by atoms with Crippen molar-refractivity contribution >= 4 is 17.4 Å². The minimum absolute atomic E-state index is 0.113. The Morgan fingerprint density at radius 1 is 1.25 bits per heavy atom. The second-order valence-corrected chi connectivity index (χ2v) is 3.55. The lowest BCUT2D eigenvalue weighted by atomic mass is 10.1. The number of benzene rings is 1. The molecule has 4 nitrogen and oxygen atoms in total. The summed E-state index contributed by atoms with van der Waals surface area (Å²) in [6.45, 7) is 0. The summed E-state index contributed by atoms with van der Waals surface area (Å²) in [5, 5.41) is 9.93. The van der Waals surface area contributed by atoms with E-state index >= 15 is 0 Å². The molecule has 0 aliphatic rings. The van der Waals surface area contributed by atoms with E-state index in [0.717, 1.165) is 0 Å². The molecule has 2 aromatic rings. The van der Waals surface area contributed by atoms with Crippen LogP contribution in [-0.4, -0.2) is 20.9 Å². The fourth-order valence-corrected chi connectivity index (χ4v) is 1.43. The molecule has 5 heteroatoms. The lowest BCUT2D eigenvalue weighted by Gasteiger charge is -2.03. The van der Waals surface area contributed by atoms with Gasteiger partial charge in [0.05, 0.1) is 11.1 Å². The smallest absolute Gasteiger partial charge is 0.199 e. The van der Waals surface area contributed by atoms with E-state index in [1.165, 1.54) is 36.9 Å².